The van der Waals surface area contributed by atoms with Crippen molar-refractivity contribution in [3.8, 4) is 0 Å². The molecule has 29 heavy (non-hydrogen) atoms. The highest BCUT2D eigenvalue weighted by Crippen LogP contribution is 2.20. The summed E-state index contributed by atoms with van der Waals surface area (Å²) in [5.74, 6) is -0.219. The molecule has 2 aromatic rings. The minimum atomic E-state index is -0.374. The minimum Gasteiger partial charge on any atom is -0.353 e. The smallest absolute Gasteiger partial charge is 0.251 e. The van der Waals surface area contributed by atoms with Crippen molar-refractivity contribution in [3.05, 3.63) is 71.3 Å². The third-order valence-electron chi connectivity index (χ3n) is 5.35. The standard InChI is InChI=1S/C23H29N3O2.ClH/c1-16-7-9-18(10-8-16)23(28)26-21(17-5-3-2-4-6-17)15-22(27)25-20-13-11-19(24)12-14-20;/h2-10,19-21H,11-15,24H2,1H3,(H,25,27)(H,26,28);1H. The summed E-state index contributed by atoms with van der Waals surface area (Å²) in [6.45, 7) is 1.98. The van der Waals surface area contributed by atoms with Gasteiger partial charge in [-0.3, -0.25) is 9.59 Å². The highest BCUT2D eigenvalue weighted by atomic mass is 35.5. The Morgan fingerprint density at radius 1 is 1.00 bits per heavy atom. The number of benzene rings is 2. The molecule has 0 bridgehead atoms. The summed E-state index contributed by atoms with van der Waals surface area (Å²) in [4.78, 5) is 25.3. The van der Waals surface area contributed by atoms with Gasteiger partial charge in [-0.05, 0) is 50.3 Å². The fourth-order valence-corrected chi connectivity index (χ4v) is 3.62. The fraction of sp³-hybridized carbons (Fsp3) is 0.391. The van der Waals surface area contributed by atoms with Gasteiger partial charge in [0, 0.05) is 17.6 Å². The van der Waals surface area contributed by atoms with Gasteiger partial charge in [-0.25, -0.2) is 0 Å². The second kappa shape index (κ2) is 11.0. The molecule has 0 heterocycles. The van der Waals surface area contributed by atoms with Crippen LogP contribution in [0.5, 0.6) is 0 Å². The maximum atomic E-state index is 12.7. The van der Waals surface area contributed by atoms with Crippen molar-refractivity contribution in [2.75, 3.05) is 0 Å². The number of carbonyl (C=O) groups is 2. The van der Waals surface area contributed by atoms with Crippen LogP contribution in [0.2, 0.25) is 0 Å². The number of hydrogen-bond donors (Lipinski definition) is 3. The van der Waals surface area contributed by atoms with Crippen LogP contribution in [0.4, 0.5) is 0 Å². The summed E-state index contributed by atoms with van der Waals surface area (Å²) in [5.41, 5.74) is 8.55. The number of halogens is 1. The van der Waals surface area contributed by atoms with E-state index in [0.717, 1.165) is 36.8 Å². The van der Waals surface area contributed by atoms with Crippen molar-refractivity contribution in [3.63, 3.8) is 0 Å². The van der Waals surface area contributed by atoms with Crippen molar-refractivity contribution < 1.29 is 9.59 Å². The number of rotatable bonds is 6. The average molecular weight is 416 g/mol. The molecule has 1 atom stereocenters. The van der Waals surface area contributed by atoms with Crippen LogP contribution in [0.25, 0.3) is 0 Å². The molecule has 0 spiro atoms. The van der Waals surface area contributed by atoms with Crippen LogP contribution in [0.15, 0.2) is 54.6 Å². The van der Waals surface area contributed by atoms with Crippen LogP contribution in [0.3, 0.4) is 0 Å². The summed E-state index contributed by atoms with van der Waals surface area (Å²) in [7, 11) is 0. The largest absolute Gasteiger partial charge is 0.353 e. The van der Waals surface area contributed by atoms with Crippen molar-refractivity contribution in [1.82, 2.24) is 10.6 Å². The van der Waals surface area contributed by atoms with E-state index in [0.29, 0.717) is 5.56 Å². The van der Waals surface area contributed by atoms with E-state index < -0.39 is 0 Å². The van der Waals surface area contributed by atoms with Crippen LogP contribution >= 0.6 is 12.4 Å². The van der Waals surface area contributed by atoms with Crippen LogP contribution in [0.1, 0.15) is 59.6 Å². The van der Waals surface area contributed by atoms with Crippen LogP contribution in [0, 0.1) is 6.92 Å². The Morgan fingerprint density at radius 2 is 1.62 bits per heavy atom. The minimum absolute atomic E-state index is 0. The van der Waals surface area contributed by atoms with Gasteiger partial charge in [0.2, 0.25) is 5.91 Å². The Labute approximate surface area is 178 Å². The van der Waals surface area contributed by atoms with Gasteiger partial charge in [0.15, 0.2) is 0 Å². The van der Waals surface area contributed by atoms with Crippen molar-refractivity contribution in [2.45, 2.75) is 57.2 Å². The summed E-state index contributed by atoms with van der Waals surface area (Å²) < 4.78 is 0. The number of nitrogens with one attached hydrogen (secondary N) is 2. The lowest BCUT2D eigenvalue weighted by molar-refractivity contribution is -0.122. The van der Waals surface area contributed by atoms with E-state index in [2.05, 4.69) is 10.6 Å². The van der Waals surface area contributed by atoms with Gasteiger partial charge in [0.1, 0.15) is 0 Å². The summed E-state index contributed by atoms with van der Waals surface area (Å²) in [5, 5.41) is 6.14. The number of nitrogens with two attached hydrogens (primary N) is 1. The van der Waals surface area contributed by atoms with Crippen LogP contribution in [-0.2, 0) is 4.79 Å². The van der Waals surface area contributed by atoms with Gasteiger partial charge >= 0.3 is 0 Å². The van der Waals surface area contributed by atoms with Crippen molar-refractivity contribution >= 4 is 24.2 Å². The first-order chi connectivity index (χ1) is 13.5. The summed E-state index contributed by atoms with van der Waals surface area (Å²) >= 11 is 0. The molecule has 3 rings (SSSR count). The predicted molar refractivity (Wildman–Crippen MR) is 118 cm³/mol. The predicted octanol–water partition coefficient (Wildman–Crippen LogP) is 3.66. The lowest BCUT2D eigenvalue weighted by Gasteiger charge is -2.27. The van der Waals surface area contributed by atoms with Gasteiger partial charge in [-0.2, -0.15) is 0 Å². The van der Waals surface area contributed by atoms with Gasteiger partial charge in [0.05, 0.1) is 12.5 Å². The van der Waals surface area contributed by atoms with E-state index in [9.17, 15) is 9.59 Å². The average Bonchev–Trinajstić information content (AvgIpc) is 2.70. The van der Waals surface area contributed by atoms with E-state index >= 15 is 0 Å². The highest BCUT2D eigenvalue weighted by Gasteiger charge is 2.23. The third-order valence-corrected chi connectivity index (χ3v) is 5.35. The topological polar surface area (TPSA) is 84.2 Å². The Hall–Kier alpha value is -2.37. The molecule has 2 aromatic carbocycles. The molecule has 5 nitrogen and oxygen atoms in total. The Kier molecular flexibility index (Phi) is 8.68. The zero-order valence-electron chi connectivity index (χ0n) is 16.8. The molecule has 156 valence electrons. The van der Waals surface area contributed by atoms with Crippen LogP contribution in [-0.4, -0.2) is 23.9 Å². The fourth-order valence-electron chi connectivity index (χ4n) is 3.62. The molecule has 4 N–H and O–H groups in total. The Morgan fingerprint density at radius 3 is 2.24 bits per heavy atom. The number of carbonyl (C=O) groups excluding carboxylic acids is 2. The monoisotopic (exact) mass is 415 g/mol. The van der Waals surface area contributed by atoms with Crippen LogP contribution < -0.4 is 16.4 Å². The number of hydrogen-bond acceptors (Lipinski definition) is 3. The molecule has 1 aliphatic carbocycles. The Bertz CT molecular complexity index is 788. The van der Waals surface area contributed by atoms with E-state index in [-0.39, 0.29) is 48.8 Å². The molecule has 0 aliphatic heterocycles. The molecule has 0 aromatic heterocycles. The highest BCUT2D eigenvalue weighted by molar-refractivity contribution is 5.94. The second-order valence-corrected chi connectivity index (χ2v) is 7.69. The first-order valence-electron chi connectivity index (χ1n) is 9.98. The molecule has 0 radical (unpaired) electrons. The molecule has 0 saturated heterocycles. The van der Waals surface area contributed by atoms with Gasteiger partial charge in [-0.1, -0.05) is 48.0 Å². The van der Waals surface area contributed by atoms with E-state index in [1.54, 1.807) is 12.1 Å². The van der Waals surface area contributed by atoms with E-state index in [4.69, 9.17) is 5.73 Å². The quantitative estimate of drug-likeness (QED) is 0.673. The SMILES string of the molecule is Cc1ccc(C(=O)NC(CC(=O)NC2CCC(N)CC2)c2ccccc2)cc1.Cl. The molecule has 2 amide bonds. The van der Waals surface area contributed by atoms with Gasteiger partial charge in [0.25, 0.3) is 5.91 Å². The normalized spacial score (nSPS) is 19.5. The first-order valence-corrected chi connectivity index (χ1v) is 9.98. The van der Waals surface area contributed by atoms with E-state index in [1.165, 1.54) is 0 Å². The molecular formula is C23H30ClN3O2. The molecule has 1 saturated carbocycles. The van der Waals surface area contributed by atoms with Crippen molar-refractivity contribution in [1.29, 1.82) is 0 Å². The van der Waals surface area contributed by atoms with Gasteiger partial charge < -0.3 is 16.4 Å². The number of amides is 2. The van der Waals surface area contributed by atoms with E-state index in [1.807, 2.05) is 49.4 Å². The number of aryl methyl sites for hydroxylation is 1. The molecule has 1 aliphatic rings. The lowest BCUT2D eigenvalue weighted by atomic mass is 9.91. The molecule has 1 unspecified atom stereocenters. The summed E-state index contributed by atoms with van der Waals surface area (Å²) in [6, 6.07) is 17.1. The van der Waals surface area contributed by atoms with Crippen molar-refractivity contribution in [2.24, 2.45) is 5.73 Å². The third kappa shape index (κ3) is 6.87. The lowest BCUT2D eigenvalue weighted by Crippen LogP contribution is -2.42. The maximum absolute atomic E-state index is 12.7. The molecule has 6 heteroatoms. The molecular weight excluding hydrogens is 386 g/mol. The maximum Gasteiger partial charge on any atom is 0.251 e. The Balaban J connectivity index is 0.00000300. The second-order valence-electron chi connectivity index (χ2n) is 7.69. The zero-order chi connectivity index (χ0) is 19.9. The first kappa shape index (κ1) is 22.9. The molecule has 1 fully saturated rings. The zero-order valence-corrected chi connectivity index (χ0v) is 17.6. The summed E-state index contributed by atoms with van der Waals surface area (Å²) in [6.07, 6.45) is 3.93. The van der Waals surface area contributed by atoms with Gasteiger partial charge in [-0.15, -0.1) is 12.4 Å².